The summed E-state index contributed by atoms with van der Waals surface area (Å²) in [4.78, 5) is 24.7. The minimum Gasteiger partial charge on any atom is -0.495 e. The fourth-order valence-corrected chi connectivity index (χ4v) is 3.64. The number of ether oxygens (including phenoxy) is 1. The second-order valence-electron chi connectivity index (χ2n) is 7.05. The zero-order chi connectivity index (χ0) is 22.4. The lowest BCUT2D eigenvalue weighted by Crippen LogP contribution is -2.24. The monoisotopic (exact) mass is 439 g/mol. The molecule has 0 saturated carbocycles. The lowest BCUT2D eigenvalue weighted by Gasteiger charge is -2.11. The molecule has 8 nitrogen and oxygen atoms in total. The van der Waals surface area contributed by atoms with Crippen LogP contribution in [-0.4, -0.2) is 39.4 Å². The van der Waals surface area contributed by atoms with Gasteiger partial charge in [0, 0.05) is 12.6 Å². The van der Waals surface area contributed by atoms with E-state index in [1.54, 1.807) is 24.8 Å². The quantitative estimate of drug-likeness (QED) is 0.524. The van der Waals surface area contributed by atoms with Gasteiger partial charge in [0.05, 0.1) is 25.1 Å². The molecular formula is C22H25N5O3S. The van der Waals surface area contributed by atoms with Crippen LogP contribution in [0.1, 0.15) is 27.3 Å². The molecule has 0 unspecified atom stereocenters. The highest BCUT2D eigenvalue weighted by Gasteiger charge is 2.14. The van der Waals surface area contributed by atoms with Crippen molar-refractivity contribution >= 4 is 29.3 Å². The standard InChI is InChI=1S/C22H25N5O3S/c1-14-6-5-7-16(10-14)21(29)23-12-19-25-26-22(27(19)3)31-13-20(28)24-17-11-15(2)8-9-18(17)30-4/h5-11H,12-13H2,1-4H3,(H,23,29)(H,24,28). The summed E-state index contributed by atoms with van der Waals surface area (Å²) in [5.74, 6) is 1.02. The number of amides is 2. The summed E-state index contributed by atoms with van der Waals surface area (Å²) in [6.07, 6.45) is 0. The number of benzene rings is 2. The third-order valence-corrected chi connectivity index (χ3v) is 5.59. The third-order valence-electron chi connectivity index (χ3n) is 4.57. The van der Waals surface area contributed by atoms with Gasteiger partial charge in [-0.15, -0.1) is 10.2 Å². The minimum atomic E-state index is -0.175. The predicted molar refractivity (Wildman–Crippen MR) is 120 cm³/mol. The minimum absolute atomic E-state index is 0.165. The van der Waals surface area contributed by atoms with Crippen molar-refractivity contribution in [2.75, 3.05) is 18.2 Å². The lowest BCUT2D eigenvalue weighted by molar-refractivity contribution is -0.113. The predicted octanol–water partition coefficient (Wildman–Crippen LogP) is 3.10. The van der Waals surface area contributed by atoms with Gasteiger partial charge in [0.2, 0.25) is 5.91 Å². The van der Waals surface area contributed by atoms with Gasteiger partial charge in [-0.3, -0.25) is 9.59 Å². The first-order chi connectivity index (χ1) is 14.9. The largest absolute Gasteiger partial charge is 0.495 e. The fourth-order valence-electron chi connectivity index (χ4n) is 2.91. The van der Waals surface area contributed by atoms with Crippen LogP contribution >= 0.6 is 11.8 Å². The Kier molecular flexibility index (Phi) is 7.30. The second-order valence-corrected chi connectivity index (χ2v) is 7.99. The molecule has 2 N–H and O–H groups in total. The highest BCUT2D eigenvalue weighted by molar-refractivity contribution is 7.99. The van der Waals surface area contributed by atoms with E-state index in [4.69, 9.17) is 4.74 Å². The number of hydrogen-bond donors (Lipinski definition) is 2. The number of nitrogens with zero attached hydrogens (tertiary/aromatic N) is 3. The zero-order valence-corrected chi connectivity index (χ0v) is 18.7. The number of carbonyl (C=O) groups excluding carboxylic acids is 2. The van der Waals surface area contributed by atoms with Gasteiger partial charge in [0.1, 0.15) is 5.75 Å². The van der Waals surface area contributed by atoms with Gasteiger partial charge >= 0.3 is 0 Å². The van der Waals surface area contributed by atoms with Crippen molar-refractivity contribution in [1.29, 1.82) is 0 Å². The first kappa shape index (κ1) is 22.4. The van der Waals surface area contributed by atoms with E-state index in [2.05, 4.69) is 20.8 Å². The van der Waals surface area contributed by atoms with Gasteiger partial charge in [0.15, 0.2) is 11.0 Å². The van der Waals surface area contributed by atoms with Gasteiger partial charge in [-0.25, -0.2) is 0 Å². The van der Waals surface area contributed by atoms with Crippen LogP contribution in [0.15, 0.2) is 47.6 Å². The molecule has 0 radical (unpaired) electrons. The molecule has 0 aliphatic heterocycles. The summed E-state index contributed by atoms with van der Waals surface area (Å²) in [5, 5.41) is 14.6. The molecule has 9 heteroatoms. The molecule has 2 aromatic carbocycles. The van der Waals surface area contributed by atoms with E-state index in [1.807, 2.05) is 50.2 Å². The fraction of sp³-hybridized carbons (Fsp3) is 0.273. The molecule has 0 atom stereocenters. The van der Waals surface area contributed by atoms with Crippen LogP contribution in [0.25, 0.3) is 0 Å². The van der Waals surface area contributed by atoms with Crippen molar-refractivity contribution in [2.45, 2.75) is 25.5 Å². The number of methoxy groups -OCH3 is 1. The summed E-state index contributed by atoms with van der Waals surface area (Å²) in [5.41, 5.74) is 3.27. The van der Waals surface area contributed by atoms with Crippen molar-refractivity contribution in [3.8, 4) is 5.75 Å². The van der Waals surface area contributed by atoms with Crippen LogP contribution in [-0.2, 0) is 18.4 Å². The number of rotatable bonds is 8. The van der Waals surface area contributed by atoms with Gasteiger partial charge in [-0.05, 0) is 43.7 Å². The Morgan fingerprint density at radius 1 is 1.10 bits per heavy atom. The van der Waals surface area contributed by atoms with E-state index < -0.39 is 0 Å². The molecule has 3 rings (SSSR count). The van der Waals surface area contributed by atoms with Gasteiger partial charge in [-0.2, -0.15) is 0 Å². The smallest absolute Gasteiger partial charge is 0.251 e. The topological polar surface area (TPSA) is 98.1 Å². The Labute approximate surface area is 185 Å². The van der Waals surface area contributed by atoms with E-state index in [-0.39, 0.29) is 24.1 Å². The van der Waals surface area contributed by atoms with Crippen molar-refractivity contribution < 1.29 is 14.3 Å². The van der Waals surface area contributed by atoms with E-state index in [0.717, 1.165) is 11.1 Å². The highest BCUT2D eigenvalue weighted by Crippen LogP contribution is 2.25. The van der Waals surface area contributed by atoms with E-state index in [0.29, 0.717) is 28.0 Å². The number of nitrogens with one attached hydrogen (secondary N) is 2. The summed E-state index contributed by atoms with van der Waals surface area (Å²) in [6.45, 7) is 4.13. The highest BCUT2D eigenvalue weighted by atomic mass is 32.2. The number of aryl methyl sites for hydroxylation is 2. The summed E-state index contributed by atoms with van der Waals surface area (Å²) in [6, 6.07) is 13.0. The van der Waals surface area contributed by atoms with E-state index in [9.17, 15) is 9.59 Å². The Hall–Kier alpha value is -3.33. The average molecular weight is 440 g/mol. The Bertz CT molecular complexity index is 1100. The summed E-state index contributed by atoms with van der Waals surface area (Å²) >= 11 is 1.27. The van der Waals surface area contributed by atoms with E-state index >= 15 is 0 Å². The SMILES string of the molecule is COc1ccc(C)cc1NC(=O)CSc1nnc(CNC(=O)c2cccc(C)c2)n1C. The maximum atomic E-state index is 12.4. The molecule has 0 aliphatic carbocycles. The molecule has 1 heterocycles. The van der Waals surface area contributed by atoms with Crippen LogP contribution < -0.4 is 15.4 Å². The number of carbonyl (C=O) groups is 2. The van der Waals surface area contributed by atoms with Crippen LogP contribution in [0, 0.1) is 13.8 Å². The van der Waals surface area contributed by atoms with Crippen LogP contribution in [0.4, 0.5) is 5.69 Å². The molecular weight excluding hydrogens is 414 g/mol. The number of thioether (sulfide) groups is 1. The number of aromatic nitrogens is 3. The second kappa shape index (κ2) is 10.1. The summed E-state index contributed by atoms with van der Waals surface area (Å²) in [7, 11) is 3.37. The molecule has 31 heavy (non-hydrogen) atoms. The molecule has 0 spiro atoms. The lowest BCUT2D eigenvalue weighted by atomic mass is 10.1. The van der Waals surface area contributed by atoms with Crippen LogP contribution in [0.3, 0.4) is 0 Å². The maximum absolute atomic E-state index is 12.4. The van der Waals surface area contributed by atoms with Crippen molar-refractivity contribution in [2.24, 2.45) is 7.05 Å². The first-order valence-electron chi connectivity index (χ1n) is 9.68. The van der Waals surface area contributed by atoms with Gasteiger partial charge in [0.25, 0.3) is 5.91 Å². The van der Waals surface area contributed by atoms with Crippen LogP contribution in [0.5, 0.6) is 5.75 Å². The molecule has 0 saturated heterocycles. The Morgan fingerprint density at radius 2 is 1.87 bits per heavy atom. The maximum Gasteiger partial charge on any atom is 0.251 e. The summed E-state index contributed by atoms with van der Waals surface area (Å²) < 4.78 is 7.05. The van der Waals surface area contributed by atoms with Crippen molar-refractivity contribution in [3.05, 3.63) is 65.0 Å². The molecule has 2 amide bonds. The Morgan fingerprint density at radius 3 is 2.61 bits per heavy atom. The number of hydrogen-bond acceptors (Lipinski definition) is 6. The van der Waals surface area contributed by atoms with Crippen LogP contribution in [0.2, 0.25) is 0 Å². The molecule has 0 aliphatic rings. The average Bonchev–Trinajstić information content (AvgIpc) is 3.10. The third kappa shape index (κ3) is 5.85. The normalized spacial score (nSPS) is 10.6. The zero-order valence-electron chi connectivity index (χ0n) is 17.9. The number of anilines is 1. The molecule has 0 bridgehead atoms. The van der Waals surface area contributed by atoms with E-state index in [1.165, 1.54) is 11.8 Å². The first-order valence-corrected chi connectivity index (χ1v) is 10.7. The molecule has 1 aromatic heterocycles. The Balaban J connectivity index is 1.55. The molecule has 162 valence electrons. The van der Waals surface area contributed by atoms with Crippen molar-refractivity contribution in [3.63, 3.8) is 0 Å². The van der Waals surface area contributed by atoms with Gasteiger partial charge in [-0.1, -0.05) is 35.5 Å². The molecule has 3 aromatic rings. The van der Waals surface area contributed by atoms with Crippen molar-refractivity contribution in [1.82, 2.24) is 20.1 Å². The van der Waals surface area contributed by atoms with Gasteiger partial charge < -0.3 is 19.9 Å². The molecule has 0 fully saturated rings.